The second-order valence-electron chi connectivity index (χ2n) is 6.14. The summed E-state index contributed by atoms with van der Waals surface area (Å²) in [5.74, 6) is -0.621. The number of carboxylic acid groups (broad SMARTS) is 1. The topological polar surface area (TPSA) is 60.9 Å². The van der Waals surface area contributed by atoms with Gasteiger partial charge in [-0.3, -0.25) is 14.5 Å². The Hall–Kier alpha value is -1.10. The smallest absolute Gasteiger partial charge is 0.317 e. The van der Waals surface area contributed by atoms with Crippen molar-refractivity contribution in [2.75, 3.05) is 32.7 Å². The Labute approximate surface area is 109 Å². The van der Waals surface area contributed by atoms with Crippen LogP contribution in [0.4, 0.5) is 0 Å². The van der Waals surface area contributed by atoms with Crippen LogP contribution in [0.1, 0.15) is 33.6 Å². The zero-order valence-electron chi connectivity index (χ0n) is 11.6. The van der Waals surface area contributed by atoms with Gasteiger partial charge in [-0.2, -0.15) is 0 Å². The summed E-state index contributed by atoms with van der Waals surface area (Å²) >= 11 is 0. The van der Waals surface area contributed by atoms with E-state index in [4.69, 9.17) is 5.11 Å². The van der Waals surface area contributed by atoms with Gasteiger partial charge in [-0.05, 0) is 11.8 Å². The normalized spacial score (nSPS) is 18.5. The molecule has 0 unspecified atom stereocenters. The van der Waals surface area contributed by atoms with E-state index >= 15 is 0 Å². The van der Waals surface area contributed by atoms with Crippen LogP contribution in [0.25, 0.3) is 0 Å². The first kappa shape index (κ1) is 15.0. The van der Waals surface area contributed by atoms with E-state index in [0.29, 0.717) is 19.5 Å². The summed E-state index contributed by atoms with van der Waals surface area (Å²) in [6.45, 7) is 9.03. The van der Waals surface area contributed by atoms with Crippen LogP contribution in [0, 0.1) is 5.41 Å². The molecule has 1 saturated heterocycles. The van der Waals surface area contributed by atoms with Crippen molar-refractivity contribution in [3.05, 3.63) is 0 Å². The fraction of sp³-hybridized carbons (Fsp3) is 0.846. The van der Waals surface area contributed by atoms with Gasteiger partial charge in [0.15, 0.2) is 0 Å². The molecule has 1 aliphatic rings. The van der Waals surface area contributed by atoms with E-state index in [1.807, 2.05) is 9.80 Å². The first-order chi connectivity index (χ1) is 8.28. The average Bonchev–Trinajstić information content (AvgIpc) is 2.39. The Morgan fingerprint density at radius 1 is 1.11 bits per heavy atom. The molecule has 1 amide bonds. The van der Waals surface area contributed by atoms with Crippen molar-refractivity contribution >= 4 is 11.9 Å². The third-order valence-electron chi connectivity index (χ3n) is 2.98. The zero-order valence-corrected chi connectivity index (χ0v) is 11.6. The molecule has 1 rings (SSSR count). The van der Waals surface area contributed by atoms with Gasteiger partial charge in [0.25, 0.3) is 0 Å². The van der Waals surface area contributed by atoms with Crippen LogP contribution in [0.15, 0.2) is 0 Å². The van der Waals surface area contributed by atoms with Crippen LogP contribution < -0.4 is 0 Å². The number of carbonyl (C=O) groups excluding carboxylic acids is 1. The predicted molar refractivity (Wildman–Crippen MR) is 69.3 cm³/mol. The molecule has 0 aromatic rings. The first-order valence-electron chi connectivity index (χ1n) is 6.50. The molecule has 5 nitrogen and oxygen atoms in total. The fourth-order valence-electron chi connectivity index (χ4n) is 2.14. The van der Waals surface area contributed by atoms with E-state index < -0.39 is 5.97 Å². The first-order valence-corrected chi connectivity index (χ1v) is 6.50. The van der Waals surface area contributed by atoms with Gasteiger partial charge in [-0.15, -0.1) is 0 Å². The van der Waals surface area contributed by atoms with E-state index in [0.717, 1.165) is 19.5 Å². The molecule has 1 aliphatic heterocycles. The van der Waals surface area contributed by atoms with E-state index in [2.05, 4.69) is 20.8 Å². The van der Waals surface area contributed by atoms with E-state index in [-0.39, 0.29) is 17.9 Å². The van der Waals surface area contributed by atoms with Crippen LogP contribution in [-0.2, 0) is 9.59 Å². The predicted octanol–water partition coefficient (Wildman–Crippen LogP) is 1.04. The Kier molecular flexibility index (Phi) is 5.14. The maximum Gasteiger partial charge on any atom is 0.317 e. The fourth-order valence-corrected chi connectivity index (χ4v) is 2.14. The molecule has 0 aromatic heterocycles. The number of rotatable bonds is 3. The molecule has 0 aliphatic carbocycles. The highest BCUT2D eigenvalue weighted by Gasteiger charge is 2.23. The standard InChI is InChI=1S/C13H24N2O3/c1-13(2,3)9-11(16)15-6-4-5-14(7-8-15)10-12(17)18/h4-10H2,1-3H3,(H,17,18). The molecule has 1 fully saturated rings. The highest BCUT2D eigenvalue weighted by atomic mass is 16.4. The monoisotopic (exact) mass is 256 g/mol. The number of hydrogen-bond donors (Lipinski definition) is 1. The van der Waals surface area contributed by atoms with Crippen LogP contribution >= 0.6 is 0 Å². The van der Waals surface area contributed by atoms with Gasteiger partial charge in [-0.1, -0.05) is 20.8 Å². The lowest BCUT2D eigenvalue weighted by molar-refractivity contribution is -0.138. The summed E-state index contributed by atoms with van der Waals surface area (Å²) in [4.78, 5) is 26.5. The molecule has 0 spiro atoms. The van der Waals surface area contributed by atoms with Gasteiger partial charge in [-0.25, -0.2) is 0 Å². The van der Waals surface area contributed by atoms with Crippen LogP contribution in [0.5, 0.6) is 0 Å². The minimum atomic E-state index is -0.801. The molecule has 1 N–H and O–H groups in total. The van der Waals surface area contributed by atoms with Gasteiger partial charge in [0, 0.05) is 32.6 Å². The summed E-state index contributed by atoms with van der Waals surface area (Å²) < 4.78 is 0. The quantitative estimate of drug-likeness (QED) is 0.819. The summed E-state index contributed by atoms with van der Waals surface area (Å²) in [6.07, 6.45) is 1.40. The van der Waals surface area contributed by atoms with Gasteiger partial charge in [0.05, 0.1) is 6.54 Å². The van der Waals surface area contributed by atoms with Gasteiger partial charge >= 0.3 is 5.97 Å². The molecule has 0 saturated carbocycles. The molecule has 18 heavy (non-hydrogen) atoms. The summed E-state index contributed by atoms with van der Waals surface area (Å²) in [6, 6.07) is 0. The van der Waals surface area contributed by atoms with Crippen LogP contribution in [0.2, 0.25) is 0 Å². The SMILES string of the molecule is CC(C)(C)CC(=O)N1CCCN(CC(=O)O)CC1. The van der Waals surface area contributed by atoms with Crippen molar-refractivity contribution in [1.29, 1.82) is 0 Å². The number of carbonyl (C=O) groups is 2. The zero-order chi connectivity index (χ0) is 13.8. The minimum Gasteiger partial charge on any atom is -0.480 e. The van der Waals surface area contributed by atoms with Crippen LogP contribution in [-0.4, -0.2) is 59.5 Å². The van der Waals surface area contributed by atoms with Crippen molar-refractivity contribution in [2.45, 2.75) is 33.6 Å². The van der Waals surface area contributed by atoms with Gasteiger partial charge in [0.1, 0.15) is 0 Å². The average molecular weight is 256 g/mol. The molecule has 0 radical (unpaired) electrons. The van der Waals surface area contributed by atoms with Crippen molar-refractivity contribution in [2.24, 2.45) is 5.41 Å². The largest absolute Gasteiger partial charge is 0.480 e. The minimum absolute atomic E-state index is 0.00411. The summed E-state index contributed by atoms with van der Waals surface area (Å²) in [5.41, 5.74) is 0.00411. The lowest BCUT2D eigenvalue weighted by atomic mass is 9.91. The molecular formula is C13H24N2O3. The Morgan fingerprint density at radius 2 is 1.78 bits per heavy atom. The molecule has 5 heteroatoms. The molecule has 104 valence electrons. The Morgan fingerprint density at radius 3 is 2.33 bits per heavy atom. The highest BCUT2D eigenvalue weighted by molar-refractivity contribution is 5.76. The summed E-state index contributed by atoms with van der Waals surface area (Å²) in [5, 5.41) is 8.76. The second kappa shape index (κ2) is 6.18. The number of amides is 1. The summed E-state index contributed by atoms with van der Waals surface area (Å²) in [7, 11) is 0. The van der Waals surface area contributed by atoms with Crippen molar-refractivity contribution in [3.63, 3.8) is 0 Å². The van der Waals surface area contributed by atoms with E-state index in [1.54, 1.807) is 0 Å². The Bertz CT molecular complexity index is 310. The van der Waals surface area contributed by atoms with Crippen molar-refractivity contribution in [3.8, 4) is 0 Å². The maximum atomic E-state index is 12.1. The van der Waals surface area contributed by atoms with E-state index in [1.165, 1.54) is 0 Å². The lowest BCUT2D eigenvalue weighted by Crippen LogP contribution is -2.37. The number of aliphatic carboxylic acids is 1. The van der Waals surface area contributed by atoms with Gasteiger partial charge < -0.3 is 10.0 Å². The number of hydrogen-bond acceptors (Lipinski definition) is 3. The second-order valence-corrected chi connectivity index (χ2v) is 6.14. The molecule has 1 heterocycles. The van der Waals surface area contributed by atoms with Crippen molar-refractivity contribution < 1.29 is 14.7 Å². The molecular weight excluding hydrogens is 232 g/mol. The van der Waals surface area contributed by atoms with E-state index in [9.17, 15) is 9.59 Å². The lowest BCUT2D eigenvalue weighted by Gasteiger charge is -2.25. The van der Waals surface area contributed by atoms with Gasteiger partial charge in [0.2, 0.25) is 5.91 Å². The highest BCUT2D eigenvalue weighted by Crippen LogP contribution is 2.20. The maximum absolute atomic E-state index is 12.1. The third kappa shape index (κ3) is 5.49. The van der Waals surface area contributed by atoms with Crippen LogP contribution in [0.3, 0.4) is 0 Å². The molecule has 0 aromatic carbocycles. The molecule has 0 bridgehead atoms. The van der Waals surface area contributed by atoms with Crippen molar-refractivity contribution in [1.82, 2.24) is 9.80 Å². The number of carboxylic acids is 1. The Balaban J connectivity index is 2.46. The third-order valence-corrected chi connectivity index (χ3v) is 2.98. The number of nitrogens with zero attached hydrogens (tertiary/aromatic N) is 2. The molecule has 0 atom stereocenters.